The molecule has 0 radical (unpaired) electrons. The highest BCUT2D eigenvalue weighted by Gasteiger charge is 2.16. The van der Waals surface area contributed by atoms with Crippen LogP contribution in [0, 0.1) is 0 Å². The monoisotopic (exact) mass is 253 g/mol. The van der Waals surface area contributed by atoms with Gasteiger partial charge in [0.2, 0.25) is 5.91 Å². The molecule has 94 valence electrons. The molecule has 1 heterocycles. The molecule has 4 heteroatoms. The summed E-state index contributed by atoms with van der Waals surface area (Å²) in [5, 5.41) is 2.07. The van der Waals surface area contributed by atoms with Gasteiger partial charge in [0.05, 0.1) is 6.10 Å². The maximum atomic E-state index is 11.5. The lowest BCUT2D eigenvalue weighted by atomic mass is 10.2. The molecule has 0 unspecified atom stereocenters. The van der Waals surface area contributed by atoms with E-state index >= 15 is 0 Å². The first-order chi connectivity index (χ1) is 8.34. The van der Waals surface area contributed by atoms with Gasteiger partial charge in [-0.05, 0) is 37.1 Å². The van der Waals surface area contributed by atoms with E-state index in [-0.39, 0.29) is 12.0 Å². The Bertz CT molecular complexity index is 331. The van der Waals surface area contributed by atoms with Gasteiger partial charge < -0.3 is 0 Å². The molecule has 2 rings (SSSR count). The molecule has 1 aromatic heterocycles. The lowest BCUT2D eigenvalue weighted by molar-refractivity contribution is -0.138. The van der Waals surface area contributed by atoms with E-state index in [1.807, 2.05) is 6.07 Å². The zero-order chi connectivity index (χ0) is 11.9. The predicted molar refractivity (Wildman–Crippen MR) is 68.7 cm³/mol. The maximum absolute atomic E-state index is 11.5. The summed E-state index contributed by atoms with van der Waals surface area (Å²) < 4.78 is 0. The Balaban J connectivity index is 1.54. The highest BCUT2D eigenvalue weighted by Crippen LogP contribution is 2.19. The van der Waals surface area contributed by atoms with Crippen LogP contribution in [0.4, 0.5) is 0 Å². The number of hydrogen-bond donors (Lipinski definition) is 1. The molecule has 1 amide bonds. The van der Waals surface area contributed by atoms with E-state index in [1.165, 1.54) is 17.7 Å². The van der Waals surface area contributed by atoms with Crippen molar-refractivity contribution < 1.29 is 9.63 Å². The number of aryl methyl sites for hydroxylation is 1. The first-order valence-electron chi connectivity index (χ1n) is 6.31. The summed E-state index contributed by atoms with van der Waals surface area (Å²) in [5.74, 6) is 0.00783. The highest BCUT2D eigenvalue weighted by atomic mass is 32.1. The number of carbonyl (C=O) groups is 1. The van der Waals surface area contributed by atoms with Gasteiger partial charge in [0, 0.05) is 11.3 Å². The minimum Gasteiger partial charge on any atom is -0.273 e. The van der Waals surface area contributed by atoms with Crippen molar-refractivity contribution in [2.75, 3.05) is 0 Å². The van der Waals surface area contributed by atoms with Crippen molar-refractivity contribution in [3.05, 3.63) is 22.4 Å². The van der Waals surface area contributed by atoms with Crippen molar-refractivity contribution >= 4 is 17.2 Å². The third kappa shape index (κ3) is 4.48. The Hall–Kier alpha value is -0.870. The van der Waals surface area contributed by atoms with Crippen LogP contribution >= 0.6 is 11.3 Å². The summed E-state index contributed by atoms with van der Waals surface area (Å²) in [4.78, 5) is 18.2. The molecule has 1 aromatic rings. The van der Waals surface area contributed by atoms with Crippen LogP contribution in [-0.2, 0) is 16.1 Å². The number of hydroxylamine groups is 1. The topological polar surface area (TPSA) is 38.3 Å². The molecule has 3 nitrogen and oxygen atoms in total. The zero-order valence-corrected chi connectivity index (χ0v) is 10.8. The van der Waals surface area contributed by atoms with Crippen LogP contribution in [0.25, 0.3) is 0 Å². The Morgan fingerprint density at radius 3 is 3.00 bits per heavy atom. The van der Waals surface area contributed by atoms with E-state index < -0.39 is 0 Å². The first kappa shape index (κ1) is 12.6. The molecule has 0 aromatic carbocycles. The third-order valence-corrected chi connectivity index (χ3v) is 3.98. The van der Waals surface area contributed by atoms with Crippen molar-refractivity contribution in [2.24, 2.45) is 0 Å². The summed E-state index contributed by atoms with van der Waals surface area (Å²) in [6.45, 7) is 0. The second-order valence-electron chi connectivity index (χ2n) is 4.48. The Morgan fingerprint density at radius 1 is 1.47 bits per heavy atom. The summed E-state index contributed by atoms with van der Waals surface area (Å²) in [5.41, 5.74) is 2.57. The lowest BCUT2D eigenvalue weighted by Crippen LogP contribution is -2.28. The van der Waals surface area contributed by atoms with Gasteiger partial charge in [0.15, 0.2) is 0 Å². The minimum atomic E-state index is 0.00783. The largest absolute Gasteiger partial charge is 0.273 e. The number of carbonyl (C=O) groups excluding carboxylic acids is 1. The van der Waals surface area contributed by atoms with E-state index in [0.717, 1.165) is 25.7 Å². The van der Waals surface area contributed by atoms with E-state index in [2.05, 4.69) is 16.9 Å². The minimum absolute atomic E-state index is 0.00783. The standard InChI is InChI=1S/C13H19NO2S/c15-13(14-16-11-5-1-2-6-11)9-3-7-12-8-4-10-17-12/h4,8,10-11H,1-3,5-7,9H2,(H,14,15). The van der Waals surface area contributed by atoms with Crippen LogP contribution in [0.1, 0.15) is 43.4 Å². The molecule has 1 fully saturated rings. The fourth-order valence-corrected chi connectivity index (χ4v) is 2.84. The molecule has 0 bridgehead atoms. The fourth-order valence-electron chi connectivity index (χ4n) is 2.08. The second-order valence-corrected chi connectivity index (χ2v) is 5.51. The van der Waals surface area contributed by atoms with Crippen molar-refractivity contribution in [1.82, 2.24) is 5.48 Å². The van der Waals surface area contributed by atoms with Crippen LogP contribution in [-0.4, -0.2) is 12.0 Å². The molecular formula is C13H19NO2S. The molecule has 0 aliphatic heterocycles. The second kappa shape index (κ2) is 6.77. The van der Waals surface area contributed by atoms with E-state index in [0.29, 0.717) is 6.42 Å². The predicted octanol–water partition coefficient (Wildman–Crippen LogP) is 3.06. The number of amides is 1. The molecule has 17 heavy (non-hydrogen) atoms. The number of nitrogens with one attached hydrogen (secondary N) is 1. The van der Waals surface area contributed by atoms with Gasteiger partial charge in [-0.3, -0.25) is 9.63 Å². The van der Waals surface area contributed by atoms with Gasteiger partial charge in [0.25, 0.3) is 0 Å². The van der Waals surface area contributed by atoms with Crippen LogP contribution in [0.5, 0.6) is 0 Å². The lowest BCUT2D eigenvalue weighted by Gasteiger charge is -2.10. The summed E-state index contributed by atoms with van der Waals surface area (Å²) >= 11 is 1.75. The fraction of sp³-hybridized carbons (Fsp3) is 0.615. The number of hydrogen-bond acceptors (Lipinski definition) is 3. The smallest absolute Gasteiger partial charge is 0.243 e. The maximum Gasteiger partial charge on any atom is 0.243 e. The van der Waals surface area contributed by atoms with Gasteiger partial charge >= 0.3 is 0 Å². The summed E-state index contributed by atoms with van der Waals surface area (Å²) in [6.07, 6.45) is 7.26. The summed E-state index contributed by atoms with van der Waals surface area (Å²) in [7, 11) is 0. The average molecular weight is 253 g/mol. The highest BCUT2D eigenvalue weighted by molar-refractivity contribution is 7.09. The third-order valence-electron chi connectivity index (χ3n) is 3.05. The summed E-state index contributed by atoms with van der Waals surface area (Å²) in [6, 6.07) is 4.15. The molecule has 0 spiro atoms. The van der Waals surface area contributed by atoms with Crippen molar-refractivity contribution in [2.45, 2.75) is 51.0 Å². The van der Waals surface area contributed by atoms with Crippen LogP contribution in [0.15, 0.2) is 17.5 Å². The normalized spacial score (nSPS) is 16.2. The molecular weight excluding hydrogens is 234 g/mol. The van der Waals surface area contributed by atoms with Crippen molar-refractivity contribution in [3.8, 4) is 0 Å². The number of thiophene rings is 1. The molecule has 0 atom stereocenters. The van der Waals surface area contributed by atoms with Gasteiger partial charge in [0.1, 0.15) is 0 Å². The zero-order valence-electron chi connectivity index (χ0n) is 9.98. The SMILES string of the molecule is O=C(CCCc1cccs1)NOC1CCCC1. The molecule has 1 saturated carbocycles. The molecule has 1 N–H and O–H groups in total. The van der Waals surface area contributed by atoms with Crippen molar-refractivity contribution in [1.29, 1.82) is 0 Å². The van der Waals surface area contributed by atoms with E-state index in [1.54, 1.807) is 11.3 Å². The van der Waals surface area contributed by atoms with Gasteiger partial charge in [-0.1, -0.05) is 18.9 Å². The van der Waals surface area contributed by atoms with Gasteiger partial charge in [-0.2, -0.15) is 0 Å². The van der Waals surface area contributed by atoms with Gasteiger partial charge in [-0.25, -0.2) is 5.48 Å². The first-order valence-corrected chi connectivity index (χ1v) is 7.19. The molecule has 0 saturated heterocycles. The number of rotatable bonds is 6. The van der Waals surface area contributed by atoms with Crippen LogP contribution in [0.3, 0.4) is 0 Å². The van der Waals surface area contributed by atoms with Crippen molar-refractivity contribution in [3.63, 3.8) is 0 Å². The quantitative estimate of drug-likeness (QED) is 0.791. The Morgan fingerprint density at radius 2 is 2.29 bits per heavy atom. The molecule has 1 aliphatic rings. The molecule has 1 aliphatic carbocycles. The Kier molecular flexibility index (Phi) is 5.01. The van der Waals surface area contributed by atoms with Gasteiger partial charge in [-0.15, -0.1) is 11.3 Å². The van der Waals surface area contributed by atoms with E-state index in [9.17, 15) is 4.79 Å². The van der Waals surface area contributed by atoms with Crippen LogP contribution in [0.2, 0.25) is 0 Å². The Labute approximate surface area is 106 Å². The van der Waals surface area contributed by atoms with Crippen LogP contribution < -0.4 is 5.48 Å². The van der Waals surface area contributed by atoms with E-state index in [4.69, 9.17) is 4.84 Å². The average Bonchev–Trinajstić information content (AvgIpc) is 2.99.